The molecule has 1 atom stereocenters. The largest absolute Gasteiger partial charge is 0.337 e. The molecular formula is C20H22N6OS. The minimum Gasteiger partial charge on any atom is -0.337 e. The highest BCUT2D eigenvalue weighted by atomic mass is 32.1. The summed E-state index contributed by atoms with van der Waals surface area (Å²) in [7, 11) is 0. The Hall–Kier alpha value is -2.87. The fourth-order valence-corrected chi connectivity index (χ4v) is 4.41. The van der Waals surface area contributed by atoms with Gasteiger partial charge in [-0.1, -0.05) is 6.07 Å². The van der Waals surface area contributed by atoms with Gasteiger partial charge < -0.3 is 10.2 Å². The number of aryl methyl sites for hydroxylation is 2. The molecule has 1 aliphatic heterocycles. The van der Waals surface area contributed by atoms with Gasteiger partial charge in [0.25, 0.3) is 5.91 Å². The first-order chi connectivity index (χ1) is 13.6. The van der Waals surface area contributed by atoms with Gasteiger partial charge in [-0.2, -0.15) is 0 Å². The maximum Gasteiger partial charge on any atom is 0.265 e. The second kappa shape index (κ2) is 8.02. The highest BCUT2D eigenvalue weighted by molar-refractivity contribution is 7.13. The lowest BCUT2D eigenvalue weighted by Gasteiger charge is -2.32. The van der Waals surface area contributed by atoms with Crippen LogP contribution in [0.1, 0.15) is 44.8 Å². The molecule has 144 valence electrons. The Morgan fingerprint density at radius 3 is 2.86 bits per heavy atom. The van der Waals surface area contributed by atoms with Crippen LogP contribution in [-0.4, -0.2) is 43.8 Å². The molecule has 0 aromatic carbocycles. The molecule has 7 nitrogen and oxygen atoms in total. The van der Waals surface area contributed by atoms with Gasteiger partial charge in [-0.15, -0.1) is 11.3 Å². The summed E-state index contributed by atoms with van der Waals surface area (Å²) in [5.41, 5.74) is 1.81. The van der Waals surface area contributed by atoms with E-state index in [1.165, 1.54) is 11.3 Å². The van der Waals surface area contributed by atoms with E-state index in [0.29, 0.717) is 12.4 Å². The monoisotopic (exact) mass is 394 g/mol. The first-order valence-electron chi connectivity index (χ1n) is 9.33. The van der Waals surface area contributed by atoms with E-state index in [1.54, 1.807) is 18.6 Å². The predicted octanol–water partition coefficient (Wildman–Crippen LogP) is 3.71. The third kappa shape index (κ3) is 4.01. The zero-order chi connectivity index (χ0) is 19.5. The number of carbonyl (C=O) groups excluding carboxylic acids is 1. The first kappa shape index (κ1) is 18.5. The number of thiazole rings is 1. The van der Waals surface area contributed by atoms with Gasteiger partial charge in [0.05, 0.1) is 16.9 Å². The Kier molecular flexibility index (Phi) is 5.29. The number of hydrogen-bond acceptors (Lipinski definition) is 7. The lowest BCUT2D eigenvalue weighted by atomic mass is 9.94. The van der Waals surface area contributed by atoms with Gasteiger partial charge in [0.1, 0.15) is 16.5 Å². The molecule has 1 fully saturated rings. The Morgan fingerprint density at radius 1 is 1.21 bits per heavy atom. The van der Waals surface area contributed by atoms with Crippen LogP contribution in [0.4, 0.5) is 11.6 Å². The number of nitrogens with one attached hydrogen (secondary N) is 1. The van der Waals surface area contributed by atoms with Crippen LogP contribution in [0.15, 0.2) is 36.8 Å². The van der Waals surface area contributed by atoms with Crippen molar-refractivity contribution in [2.45, 2.75) is 32.6 Å². The molecule has 1 unspecified atom stereocenters. The molecule has 3 aromatic heterocycles. The maximum absolute atomic E-state index is 13.0. The topological polar surface area (TPSA) is 83.9 Å². The molecule has 3 aromatic rings. The average molecular weight is 395 g/mol. The standard InChI is InChI=1S/C20H22N6OS/c1-13-19(28-14(2)23-13)20(27)26-10-4-5-15(12-26)16-6-3-7-17(24-16)25-18-11-21-8-9-22-18/h3,6-9,11,15H,4-5,10,12H2,1-2H3,(H,22,24,25). The normalized spacial score (nSPS) is 16.8. The molecule has 1 N–H and O–H groups in total. The SMILES string of the molecule is Cc1nc(C)c(C(=O)N2CCCC(c3cccc(Nc4cnccn4)n3)C2)s1. The van der Waals surface area contributed by atoms with Crippen LogP contribution in [0.3, 0.4) is 0 Å². The van der Waals surface area contributed by atoms with Crippen LogP contribution in [0.25, 0.3) is 0 Å². The molecule has 0 saturated carbocycles. The van der Waals surface area contributed by atoms with Gasteiger partial charge in [-0.05, 0) is 38.8 Å². The van der Waals surface area contributed by atoms with Crippen LogP contribution in [0.5, 0.6) is 0 Å². The van der Waals surface area contributed by atoms with Crippen molar-refractivity contribution in [3.63, 3.8) is 0 Å². The number of pyridine rings is 1. The van der Waals surface area contributed by atoms with Crippen molar-refractivity contribution in [2.75, 3.05) is 18.4 Å². The van der Waals surface area contributed by atoms with E-state index in [0.717, 1.165) is 46.5 Å². The summed E-state index contributed by atoms with van der Waals surface area (Å²) in [5, 5.41) is 4.11. The summed E-state index contributed by atoms with van der Waals surface area (Å²) in [6, 6.07) is 5.93. The number of nitrogens with zero attached hydrogens (tertiary/aromatic N) is 5. The molecule has 0 spiro atoms. The number of carbonyl (C=O) groups is 1. The molecule has 1 saturated heterocycles. The molecule has 0 radical (unpaired) electrons. The van der Waals surface area contributed by atoms with E-state index in [2.05, 4.69) is 20.3 Å². The number of rotatable bonds is 4. The van der Waals surface area contributed by atoms with E-state index in [9.17, 15) is 4.79 Å². The van der Waals surface area contributed by atoms with Crippen molar-refractivity contribution in [2.24, 2.45) is 0 Å². The van der Waals surface area contributed by atoms with Crippen molar-refractivity contribution in [3.8, 4) is 0 Å². The van der Waals surface area contributed by atoms with Crippen molar-refractivity contribution >= 4 is 28.9 Å². The number of hydrogen-bond donors (Lipinski definition) is 1. The van der Waals surface area contributed by atoms with Gasteiger partial charge in [0, 0.05) is 37.1 Å². The molecule has 4 rings (SSSR count). The number of amides is 1. The van der Waals surface area contributed by atoms with Crippen molar-refractivity contribution in [3.05, 3.63) is 58.1 Å². The molecule has 0 bridgehead atoms. The minimum atomic E-state index is 0.0849. The summed E-state index contributed by atoms with van der Waals surface area (Å²) < 4.78 is 0. The number of aromatic nitrogens is 4. The Bertz CT molecular complexity index is 974. The number of piperidine rings is 1. The van der Waals surface area contributed by atoms with Crippen LogP contribution in [-0.2, 0) is 0 Å². The van der Waals surface area contributed by atoms with E-state index in [-0.39, 0.29) is 11.8 Å². The third-order valence-corrected chi connectivity index (χ3v) is 5.88. The quantitative estimate of drug-likeness (QED) is 0.726. The first-order valence-corrected chi connectivity index (χ1v) is 10.1. The van der Waals surface area contributed by atoms with Gasteiger partial charge in [0.15, 0.2) is 0 Å². The second-order valence-corrected chi connectivity index (χ2v) is 8.10. The fraction of sp³-hybridized carbons (Fsp3) is 0.350. The molecule has 8 heteroatoms. The van der Waals surface area contributed by atoms with Crippen molar-refractivity contribution < 1.29 is 4.79 Å². The molecule has 0 aliphatic carbocycles. The predicted molar refractivity (Wildman–Crippen MR) is 109 cm³/mol. The summed E-state index contributed by atoms with van der Waals surface area (Å²) in [4.78, 5) is 33.1. The number of likely N-dealkylation sites (tertiary alicyclic amines) is 1. The van der Waals surface area contributed by atoms with Crippen LogP contribution < -0.4 is 5.32 Å². The molecule has 1 amide bonds. The molecule has 4 heterocycles. The summed E-state index contributed by atoms with van der Waals surface area (Å²) in [6.07, 6.45) is 6.92. The fourth-order valence-electron chi connectivity index (χ4n) is 3.52. The maximum atomic E-state index is 13.0. The van der Waals surface area contributed by atoms with E-state index in [4.69, 9.17) is 4.98 Å². The van der Waals surface area contributed by atoms with Gasteiger partial charge in [-0.25, -0.2) is 15.0 Å². The molecular weight excluding hydrogens is 372 g/mol. The lowest BCUT2D eigenvalue weighted by Crippen LogP contribution is -2.39. The van der Waals surface area contributed by atoms with Crippen LogP contribution in [0.2, 0.25) is 0 Å². The zero-order valence-corrected chi connectivity index (χ0v) is 16.7. The highest BCUT2D eigenvalue weighted by Crippen LogP contribution is 2.29. The third-order valence-electron chi connectivity index (χ3n) is 4.81. The van der Waals surface area contributed by atoms with Gasteiger partial charge in [-0.3, -0.25) is 9.78 Å². The number of anilines is 2. The Morgan fingerprint density at radius 2 is 2.11 bits per heavy atom. The lowest BCUT2D eigenvalue weighted by molar-refractivity contribution is 0.0710. The summed E-state index contributed by atoms with van der Waals surface area (Å²) >= 11 is 1.48. The van der Waals surface area contributed by atoms with Gasteiger partial charge >= 0.3 is 0 Å². The Labute approximate surface area is 167 Å². The van der Waals surface area contributed by atoms with E-state index < -0.39 is 0 Å². The van der Waals surface area contributed by atoms with Crippen molar-refractivity contribution in [1.29, 1.82) is 0 Å². The van der Waals surface area contributed by atoms with Crippen molar-refractivity contribution in [1.82, 2.24) is 24.8 Å². The van der Waals surface area contributed by atoms with Crippen LogP contribution >= 0.6 is 11.3 Å². The minimum absolute atomic E-state index is 0.0849. The Balaban J connectivity index is 1.49. The van der Waals surface area contributed by atoms with Gasteiger partial charge in [0.2, 0.25) is 0 Å². The summed E-state index contributed by atoms with van der Waals surface area (Å²) in [6.45, 7) is 5.30. The molecule has 28 heavy (non-hydrogen) atoms. The summed E-state index contributed by atoms with van der Waals surface area (Å²) in [5.74, 6) is 1.69. The average Bonchev–Trinajstić information content (AvgIpc) is 3.06. The second-order valence-electron chi connectivity index (χ2n) is 6.90. The highest BCUT2D eigenvalue weighted by Gasteiger charge is 2.28. The van der Waals surface area contributed by atoms with E-state index >= 15 is 0 Å². The van der Waals surface area contributed by atoms with Crippen LogP contribution in [0, 0.1) is 13.8 Å². The molecule has 1 aliphatic rings. The van der Waals surface area contributed by atoms with E-state index in [1.807, 2.05) is 36.9 Å². The smallest absolute Gasteiger partial charge is 0.265 e. The zero-order valence-electron chi connectivity index (χ0n) is 15.9.